The first-order chi connectivity index (χ1) is 13.0. The summed E-state index contributed by atoms with van der Waals surface area (Å²) >= 11 is 0. The number of halogens is 3. The van der Waals surface area contributed by atoms with Gasteiger partial charge in [-0.2, -0.15) is 13.2 Å². The summed E-state index contributed by atoms with van der Waals surface area (Å²) in [6, 6.07) is 3.72. The Bertz CT molecular complexity index is 891. The fourth-order valence-electron chi connectivity index (χ4n) is 2.35. The summed E-state index contributed by atoms with van der Waals surface area (Å²) in [5, 5.41) is 2.82. The van der Waals surface area contributed by atoms with E-state index in [2.05, 4.69) is 27.9 Å². The van der Waals surface area contributed by atoms with Crippen LogP contribution >= 0.6 is 0 Å². The molecule has 0 atom stereocenters. The Morgan fingerprint density at radius 1 is 1.25 bits per heavy atom. The molecule has 1 rings (SSSR count). The number of carbonyl (C=O) groups is 1. The third-order valence-electron chi connectivity index (χ3n) is 3.79. The zero-order chi connectivity index (χ0) is 21.5. The summed E-state index contributed by atoms with van der Waals surface area (Å²) in [5.74, 6) is -0.794. The van der Waals surface area contributed by atoms with Gasteiger partial charge in [-0.25, -0.2) is 17.9 Å². The molecule has 28 heavy (non-hydrogen) atoms. The molecule has 0 unspecified atom stereocenters. The number of sulfonamides is 1. The van der Waals surface area contributed by atoms with Gasteiger partial charge in [-0.15, -0.1) is 0 Å². The van der Waals surface area contributed by atoms with Gasteiger partial charge in [0, 0.05) is 12.2 Å². The lowest BCUT2D eigenvalue weighted by molar-refractivity contribution is -0.0888. The number of ether oxygens (including phenoxy) is 1. The highest BCUT2D eigenvalue weighted by molar-refractivity contribution is 7.89. The minimum atomic E-state index is -4.56. The second kappa shape index (κ2) is 9.56. The van der Waals surface area contributed by atoms with Gasteiger partial charge in [0.25, 0.3) is 0 Å². The zero-order valence-electron chi connectivity index (χ0n) is 15.4. The molecule has 0 aliphatic heterocycles. The van der Waals surface area contributed by atoms with Crippen LogP contribution in [-0.4, -0.2) is 41.3 Å². The van der Waals surface area contributed by atoms with Crippen molar-refractivity contribution < 1.29 is 31.1 Å². The number of methoxy groups -OCH3 is 1. The van der Waals surface area contributed by atoms with Crippen LogP contribution in [-0.2, 0) is 14.8 Å². The molecule has 2 N–H and O–H groups in total. The Morgan fingerprint density at radius 3 is 2.36 bits per heavy atom. The number of hydrogen-bond donors (Lipinski definition) is 2. The summed E-state index contributed by atoms with van der Waals surface area (Å²) in [4.78, 5) is 11.8. The van der Waals surface area contributed by atoms with Crippen LogP contribution in [0.2, 0.25) is 0 Å². The molecule has 10 heteroatoms. The molecule has 0 heterocycles. The normalized spacial score (nSPS) is 12.8. The number of anilines is 1. The molecule has 154 valence electrons. The number of hydrogen-bond acceptors (Lipinski definition) is 5. The zero-order valence-corrected chi connectivity index (χ0v) is 16.2. The molecule has 0 radical (unpaired) electrons. The fourth-order valence-corrected chi connectivity index (χ4v) is 3.10. The van der Waals surface area contributed by atoms with Crippen LogP contribution in [0.4, 0.5) is 18.9 Å². The predicted octanol–water partition coefficient (Wildman–Crippen LogP) is 3.41. The van der Waals surface area contributed by atoms with Gasteiger partial charge in [-0.1, -0.05) is 25.3 Å². The number of esters is 1. The molecule has 0 spiro atoms. The Kier molecular flexibility index (Phi) is 8.01. The van der Waals surface area contributed by atoms with Crippen molar-refractivity contribution in [1.82, 2.24) is 4.72 Å². The highest BCUT2D eigenvalue weighted by Crippen LogP contribution is 2.30. The summed E-state index contributed by atoms with van der Waals surface area (Å²) in [5.41, 5.74) is -0.808. The van der Waals surface area contributed by atoms with Gasteiger partial charge in [0.15, 0.2) is 0 Å². The lowest BCUT2D eigenvalue weighted by Crippen LogP contribution is -2.20. The molecule has 0 bridgehead atoms. The highest BCUT2D eigenvalue weighted by atomic mass is 32.2. The molecule has 0 aromatic heterocycles. The highest BCUT2D eigenvalue weighted by Gasteiger charge is 2.33. The summed E-state index contributed by atoms with van der Waals surface area (Å²) in [6.45, 7) is 6.60. The summed E-state index contributed by atoms with van der Waals surface area (Å²) < 4.78 is 69.6. The van der Waals surface area contributed by atoms with Crippen LogP contribution in [0.5, 0.6) is 0 Å². The van der Waals surface area contributed by atoms with Crippen LogP contribution in [0.15, 0.2) is 59.6 Å². The van der Waals surface area contributed by atoms with Crippen molar-refractivity contribution in [1.29, 1.82) is 0 Å². The van der Waals surface area contributed by atoms with Crippen LogP contribution in [0, 0.1) is 0 Å². The Labute approximate surface area is 161 Å². The maximum atomic E-state index is 13.0. The van der Waals surface area contributed by atoms with Crippen molar-refractivity contribution in [3.8, 4) is 0 Å². The molecule has 0 aliphatic rings. The standard InChI is InChI=1S/C18H21F3N2O4S/c1-5-12(15(6-2)18(19,20)21)9-10-23-16-8-7-13(28(25,26)22-3)11-14(16)17(24)27-4/h5-8,11,22-23H,1-2,9-10H2,3-4H3/b15-12-. The molecule has 0 amide bonds. The van der Waals surface area contributed by atoms with E-state index >= 15 is 0 Å². The van der Waals surface area contributed by atoms with Crippen LogP contribution < -0.4 is 10.0 Å². The lowest BCUT2D eigenvalue weighted by atomic mass is 10.0. The van der Waals surface area contributed by atoms with Crippen molar-refractivity contribution in [2.24, 2.45) is 0 Å². The van der Waals surface area contributed by atoms with Crippen LogP contribution in [0.3, 0.4) is 0 Å². The number of allylic oxidation sites excluding steroid dienone is 3. The molecular formula is C18H21F3N2O4S. The van der Waals surface area contributed by atoms with E-state index in [1.807, 2.05) is 0 Å². The quantitative estimate of drug-likeness (QED) is 0.474. The Morgan fingerprint density at radius 2 is 1.89 bits per heavy atom. The number of alkyl halides is 3. The van der Waals surface area contributed by atoms with E-state index in [0.29, 0.717) is 6.08 Å². The number of rotatable bonds is 9. The minimum absolute atomic E-state index is 0.0247. The lowest BCUT2D eigenvalue weighted by Gasteiger charge is -2.15. The number of nitrogens with one attached hydrogen (secondary N) is 2. The van der Waals surface area contributed by atoms with Gasteiger partial charge in [0.1, 0.15) is 0 Å². The monoisotopic (exact) mass is 418 g/mol. The van der Waals surface area contributed by atoms with E-state index in [0.717, 1.165) is 19.3 Å². The second-order valence-corrected chi connectivity index (χ2v) is 7.31. The van der Waals surface area contributed by atoms with Gasteiger partial charge >= 0.3 is 12.1 Å². The fraction of sp³-hybridized carbons (Fsp3) is 0.278. The van der Waals surface area contributed by atoms with Gasteiger partial charge < -0.3 is 10.1 Å². The molecule has 1 aromatic carbocycles. The van der Waals surface area contributed by atoms with Crippen molar-refractivity contribution in [3.63, 3.8) is 0 Å². The van der Waals surface area contributed by atoms with E-state index in [4.69, 9.17) is 0 Å². The van der Waals surface area contributed by atoms with E-state index in [9.17, 15) is 26.4 Å². The molecule has 0 saturated heterocycles. The molecule has 0 fully saturated rings. The van der Waals surface area contributed by atoms with Crippen molar-refractivity contribution in [2.75, 3.05) is 26.0 Å². The molecule has 1 aromatic rings. The van der Waals surface area contributed by atoms with E-state index in [-0.39, 0.29) is 34.7 Å². The molecule has 0 aliphatic carbocycles. The third kappa shape index (κ3) is 5.70. The van der Waals surface area contributed by atoms with Gasteiger partial charge in [-0.3, -0.25) is 0 Å². The maximum Gasteiger partial charge on any atom is 0.416 e. The van der Waals surface area contributed by atoms with Crippen LogP contribution in [0.25, 0.3) is 0 Å². The van der Waals surface area contributed by atoms with Gasteiger partial charge in [-0.05, 0) is 37.2 Å². The van der Waals surface area contributed by atoms with Crippen molar-refractivity contribution in [2.45, 2.75) is 17.5 Å². The predicted molar refractivity (Wildman–Crippen MR) is 101 cm³/mol. The van der Waals surface area contributed by atoms with Gasteiger partial charge in [0.2, 0.25) is 10.0 Å². The largest absolute Gasteiger partial charge is 0.465 e. The Hall–Kier alpha value is -2.59. The average molecular weight is 418 g/mol. The first-order valence-corrected chi connectivity index (χ1v) is 9.45. The summed E-state index contributed by atoms with van der Waals surface area (Å²) in [7, 11) is -1.44. The van der Waals surface area contributed by atoms with E-state index in [1.54, 1.807) is 0 Å². The second-order valence-electron chi connectivity index (χ2n) is 5.43. The Balaban J connectivity index is 3.15. The van der Waals surface area contributed by atoms with E-state index < -0.39 is 27.7 Å². The van der Waals surface area contributed by atoms with Crippen molar-refractivity contribution >= 4 is 21.7 Å². The van der Waals surface area contributed by atoms with Crippen molar-refractivity contribution in [3.05, 3.63) is 60.2 Å². The maximum absolute atomic E-state index is 13.0. The third-order valence-corrected chi connectivity index (χ3v) is 5.20. The average Bonchev–Trinajstić information content (AvgIpc) is 2.65. The SMILES string of the molecule is C=C/C(CCNc1ccc(S(=O)(=O)NC)cc1C(=O)OC)=C(\C=C)C(F)(F)F. The van der Waals surface area contributed by atoms with E-state index in [1.165, 1.54) is 19.2 Å². The van der Waals surface area contributed by atoms with Crippen LogP contribution in [0.1, 0.15) is 16.8 Å². The minimum Gasteiger partial charge on any atom is -0.465 e. The van der Waals surface area contributed by atoms with Gasteiger partial charge in [0.05, 0.1) is 23.1 Å². The summed E-state index contributed by atoms with van der Waals surface area (Å²) in [6.07, 6.45) is -2.81. The first-order valence-electron chi connectivity index (χ1n) is 7.96. The number of benzene rings is 1. The topological polar surface area (TPSA) is 84.5 Å². The first kappa shape index (κ1) is 23.4. The number of carbonyl (C=O) groups excluding carboxylic acids is 1. The molecular weight excluding hydrogens is 397 g/mol. The molecule has 6 nitrogen and oxygen atoms in total. The smallest absolute Gasteiger partial charge is 0.416 e. The molecule has 0 saturated carbocycles.